The number of aromatic nitrogens is 3. The molecular weight excluding hydrogens is 228 g/mol. The van der Waals surface area contributed by atoms with Crippen LogP contribution in [0.4, 0.5) is 0 Å². The summed E-state index contributed by atoms with van der Waals surface area (Å²) in [5, 5.41) is 11.3. The predicted octanol–water partition coefficient (Wildman–Crippen LogP) is 1.67. The van der Waals surface area contributed by atoms with Crippen LogP contribution < -0.4 is 10.1 Å². The van der Waals surface area contributed by atoms with Crippen molar-refractivity contribution in [3.63, 3.8) is 0 Å². The number of benzene rings is 1. The highest BCUT2D eigenvalue weighted by Crippen LogP contribution is 2.24. The van der Waals surface area contributed by atoms with E-state index in [4.69, 9.17) is 4.74 Å². The molecule has 18 heavy (non-hydrogen) atoms. The van der Waals surface area contributed by atoms with Gasteiger partial charge in [0.05, 0.1) is 13.7 Å². The van der Waals surface area contributed by atoms with E-state index in [0.717, 1.165) is 17.1 Å². The number of hydrogen-bond acceptors (Lipinski definition) is 4. The van der Waals surface area contributed by atoms with Crippen LogP contribution in [0.2, 0.25) is 0 Å². The molecule has 1 atom stereocenters. The second-order valence-corrected chi connectivity index (χ2v) is 4.20. The van der Waals surface area contributed by atoms with Crippen LogP contribution in [0, 0.1) is 0 Å². The van der Waals surface area contributed by atoms with Crippen LogP contribution in [-0.2, 0) is 13.6 Å². The number of para-hydroxylation sites is 1. The van der Waals surface area contributed by atoms with Gasteiger partial charge in [0.25, 0.3) is 0 Å². The monoisotopic (exact) mass is 246 g/mol. The van der Waals surface area contributed by atoms with Crippen molar-refractivity contribution >= 4 is 0 Å². The summed E-state index contributed by atoms with van der Waals surface area (Å²) in [4.78, 5) is 0. The molecular formula is C13H18N4O. The maximum absolute atomic E-state index is 5.35. The van der Waals surface area contributed by atoms with Gasteiger partial charge in [-0.15, -0.1) is 10.2 Å². The lowest BCUT2D eigenvalue weighted by atomic mass is 10.1. The first-order chi connectivity index (χ1) is 8.72. The van der Waals surface area contributed by atoms with Crippen molar-refractivity contribution < 1.29 is 4.74 Å². The van der Waals surface area contributed by atoms with Crippen LogP contribution >= 0.6 is 0 Å². The average Bonchev–Trinajstić information content (AvgIpc) is 2.81. The molecule has 0 saturated heterocycles. The quantitative estimate of drug-likeness (QED) is 0.872. The predicted molar refractivity (Wildman–Crippen MR) is 69.3 cm³/mol. The molecule has 5 nitrogen and oxygen atoms in total. The van der Waals surface area contributed by atoms with Crippen molar-refractivity contribution in [2.45, 2.75) is 19.5 Å². The fourth-order valence-electron chi connectivity index (χ4n) is 1.85. The molecule has 1 N–H and O–H groups in total. The second-order valence-electron chi connectivity index (χ2n) is 4.20. The number of nitrogens with zero attached hydrogens (tertiary/aromatic N) is 3. The second kappa shape index (κ2) is 5.64. The Morgan fingerprint density at radius 1 is 1.39 bits per heavy atom. The SMILES string of the molecule is COc1ccccc1[C@@H](C)NCc1nncn1C. The molecule has 0 radical (unpaired) electrons. The van der Waals surface area contributed by atoms with Gasteiger partial charge in [0.15, 0.2) is 0 Å². The van der Waals surface area contributed by atoms with Crippen molar-refractivity contribution in [1.29, 1.82) is 0 Å². The number of ether oxygens (including phenoxy) is 1. The number of nitrogens with one attached hydrogen (secondary N) is 1. The van der Waals surface area contributed by atoms with Gasteiger partial charge in [-0.2, -0.15) is 0 Å². The zero-order chi connectivity index (χ0) is 13.0. The topological polar surface area (TPSA) is 52.0 Å². The van der Waals surface area contributed by atoms with E-state index in [1.165, 1.54) is 0 Å². The van der Waals surface area contributed by atoms with Gasteiger partial charge < -0.3 is 14.6 Å². The Morgan fingerprint density at radius 2 is 2.17 bits per heavy atom. The summed E-state index contributed by atoms with van der Waals surface area (Å²) < 4.78 is 7.26. The van der Waals surface area contributed by atoms with Gasteiger partial charge in [0.2, 0.25) is 0 Å². The number of rotatable bonds is 5. The normalized spacial score (nSPS) is 12.4. The van der Waals surface area contributed by atoms with E-state index in [2.05, 4.69) is 28.5 Å². The van der Waals surface area contributed by atoms with Gasteiger partial charge in [-0.05, 0) is 13.0 Å². The lowest BCUT2D eigenvalue weighted by Gasteiger charge is -2.16. The molecule has 0 aliphatic carbocycles. The first kappa shape index (κ1) is 12.6. The van der Waals surface area contributed by atoms with Gasteiger partial charge >= 0.3 is 0 Å². The van der Waals surface area contributed by atoms with Crippen molar-refractivity contribution in [3.8, 4) is 5.75 Å². The molecule has 2 aromatic rings. The minimum Gasteiger partial charge on any atom is -0.496 e. The Labute approximate surface area is 107 Å². The molecule has 1 aromatic carbocycles. The van der Waals surface area contributed by atoms with E-state index < -0.39 is 0 Å². The average molecular weight is 246 g/mol. The highest BCUT2D eigenvalue weighted by molar-refractivity contribution is 5.35. The highest BCUT2D eigenvalue weighted by Gasteiger charge is 2.11. The third-order valence-corrected chi connectivity index (χ3v) is 2.98. The standard InChI is InChI=1S/C13H18N4O/c1-10(11-6-4-5-7-12(11)18-3)14-8-13-16-15-9-17(13)2/h4-7,9-10,14H,8H2,1-3H3/t10-/m1/s1. The lowest BCUT2D eigenvalue weighted by molar-refractivity contribution is 0.401. The van der Waals surface area contributed by atoms with Crippen LogP contribution in [0.1, 0.15) is 24.4 Å². The molecule has 2 rings (SSSR count). The van der Waals surface area contributed by atoms with Crippen molar-refractivity contribution in [1.82, 2.24) is 20.1 Å². The summed E-state index contributed by atoms with van der Waals surface area (Å²) in [6.45, 7) is 2.78. The smallest absolute Gasteiger partial charge is 0.146 e. The summed E-state index contributed by atoms with van der Waals surface area (Å²) in [6, 6.07) is 8.21. The fraction of sp³-hybridized carbons (Fsp3) is 0.385. The third kappa shape index (κ3) is 2.68. The van der Waals surface area contributed by atoms with Gasteiger partial charge in [-0.25, -0.2) is 0 Å². The van der Waals surface area contributed by atoms with Gasteiger partial charge in [-0.1, -0.05) is 18.2 Å². The zero-order valence-corrected chi connectivity index (χ0v) is 10.9. The van der Waals surface area contributed by atoms with Gasteiger partial charge in [-0.3, -0.25) is 0 Å². The van der Waals surface area contributed by atoms with Crippen molar-refractivity contribution in [2.24, 2.45) is 7.05 Å². The summed E-state index contributed by atoms with van der Waals surface area (Å²) in [5.41, 5.74) is 1.14. The molecule has 0 aliphatic rings. The summed E-state index contributed by atoms with van der Waals surface area (Å²) in [6.07, 6.45) is 1.70. The summed E-state index contributed by atoms with van der Waals surface area (Å²) >= 11 is 0. The molecule has 0 fully saturated rings. The molecule has 0 spiro atoms. The Hall–Kier alpha value is -1.88. The molecule has 5 heteroatoms. The minimum atomic E-state index is 0.192. The van der Waals surface area contributed by atoms with Crippen LogP contribution in [0.3, 0.4) is 0 Å². The zero-order valence-electron chi connectivity index (χ0n) is 10.9. The Kier molecular flexibility index (Phi) is 3.94. The third-order valence-electron chi connectivity index (χ3n) is 2.98. The molecule has 96 valence electrons. The lowest BCUT2D eigenvalue weighted by Crippen LogP contribution is -2.20. The first-order valence-electron chi connectivity index (χ1n) is 5.91. The van der Waals surface area contributed by atoms with E-state index in [0.29, 0.717) is 6.54 Å². The van der Waals surface area contributed by atoms with Crippen LogP contribution in [-0.4, -0.2) is 21.9 Å². The van der Waals surface area contributed by atoms with Crippen LogP contribution in [0.15, 0.2) is 30.6 Å². The maximum Gasteiger partial charge on any atom is 0.146 e. The van der Waals surface area contributed by atoms with E-state index in [-0.39, 0.29) is 6.04 Å². The maximum atomic E-state index is 5.35. The van der Waals surface area contributed by atoms with E-state index in [1.54, 1.807) is 13.4 Å². The molecule has 0 amide bonds. The summed E-state index contributed by atoms with van der Waals surface area (Å²) in [5.74, 6) is 1.81. The molecule has 0 saturated carbocycles. The number of aryl methyl sites for hydroxylation is 1. The van der Waals surface area contributed by atoms with Crippen LogP contribution in [0.25, 0.3) is 0 Å². The van der Waals surface area contributed by atoms with E-state index >= 15 is 0 Å². The Bertz CT molecular complexity index is 509. The molecule has 0 bridgehead atoms. The van der Waals surface area contributed by atoms with Crippen molar-refractivity contribution in [2.75, 3.05) is 7.11 Å². The van der Waals surface area contributed by atoms with Crippen LogP contribution in [0.5, 0.6) is 5.75 Å². The Balaban J connectivity index is 2.03. The summed E-state index contributed by atoms with van der Waals surface area (Å²) in [7, 11) is 3.62. The first-order valence-corrected chi connectivity index (χ1v) is 5.91. The largest absolute Gasteiger partial charge is 0.496 e. The highest BCUT2D eigenvalue weighted by atomic mass is 16.5. The van der Waals surface area contributed by atoms with E-state index in [1.807, 2.05) is 29.8 Å². The number of hydrogen-bond donors (Lipinski definition) is 1. The van der Waals surface area contributed by atoms with Gasteiger partial charge in [0.1, 0.15) is 17.9 Å². The molecule has 1 heterocycles. The fourth-order valence-corrected chi connectivity index (χ4v) is 1.85. The molecule has 1 aromatic heterocycles. The minimum absolute atomic E-state index is 0.192. The molecule has 0 unspecified atom stereocenters. The number of methoxy groups -OCH3 is 1. The van der Waals surface area contributed by atoms with Gasteiger partial charge in [0, 0.05) is 18.7 Å². The molecule has 0 aliphatic heterocycles. The van der Waals surface area contributed by atoms with E-state index in [9.17, 15) is 0 Å². The Morgan fingerprint density at radius 3 is 2.83 bits per heavy atom. The van der Waals surface area contributed by atoms with Crippen molar-refractivity contribution in [3.05, 3.63) is 42.0 Å².